The second kappa shape index (κ2) is 5.69. The zero-order valence-electron chi connectivity index (χ0n) is 10.3. The van der Waals surface area contributed by atoms with E-state index < -0.39 is 9.84 Å². The molecule has 1 aliphatic rings. The Balaban J connectivity index is 2.01. The van der Waals surface area contributed by atoms with E-state index in [2.05, 4.69) is 5.32 Å². The first-order valence-electron chi connectivity index (χ1n) is 5.81. The predicted octanol–water partition coefficient (Wildman–Crippen LogP) is 0.457. The minimum Gasteiger partial charge on any atom is -0.487 e. The molecule has 6 heteroatoms. The fraction of sp³-hybridized carbons (Fsp3) is 0.500. The van der Waals surface area contributed by atoms with Crippen molar-refractivity contribution in [2.75, 3.05) is 32.6 Å². The number of rotatable bonds is 3. The van der Waals surface area contributed by atoms with Gasteiger partial charge >= 0.3 is 0 Å². The molecule has 0 unspecified atom stereocenters. The maximum absolute atomic E-state index is 11.3. The molecule has 1 saturated heterocycles. The Morgan fingerprint density at radius 2 is 2.06 bits per heavy atom. The van der Waals surface area contributed by atoms with Crippen molar-refractivity contribution in [2.45, 2.75) is 11.0 Å². The van der Waals surface area contributed by atoms with Gasteiger partial charge in [0.05, 0.1) is 18.1 Å². The van der Waals surface area contributed by atoms with Gasteiger partial charge in [0.2, 0.25) is 0 Å². The summed E-state index contributed by atoms with van der Waals surface area (Å²) < 4.78 is 33.7. The van der Waals surface area contributed by atoms with Crippen LogP contribution in [-0.2, 0) is 14.6 Å². The molecule has 0 saturated carbocycles. The molecule has 18 heavy (non-hydrogen) atoms. The van der Waals surface area contributed by atoms with Crippen LogP contribution in [0.2, 0.25) is 0 Å². The summed E-state index contributed by atoms with van der Waals surface area (Å²) >= 11 is 0. The second-order valence-electron chi connectivity index (χ2n) is 4.26. The molecule has 2 rings (SSSR count). The number of nitrogens with one attached hydrogen (secondary N) is 1. The molecule has 100 valence electrons. The van der Waals surface area contributed by atoms with Gasteiger partial charge in [-0.2, -0.15) is 0 Å². The van der Waals surface area contributed by atoms with Crippen molar-refractivity contribution < 1.29 is 17.9 Å². The molecule has 0 aliphatic carbocycles. The Bertz CT molecular complexity index is 475. The molecular weight excluding hydrogens is 254 g/mol. The largest absolute Gasteiger partial charge is 0.487 e. The molecule has 1 fully saturated rings. The molecule has 1 aromatic carbocycles. The van der Waals surface area contributed by atoms with Gasteiger partial charge in [-0.15, -0.1) is 0 Å². The van der Waals surface area contributed by atoms with Crippen molar-refractivity contribution in [1.82, 2.24) is 5.32 Å². The van der Waals surface area contributed by atoms with E-state index in [-0.39, 0.29) is 6.10 Å². The Morgan fingerprint density at radius 1 is 1.33 bits per heavy atom. The summed E-state index contributed by atoms with van der Waals surface area (Å²) in [5.41, 5.74) is 0. The molecule has 1 aliphatic heterocycles. The van der Waals surface area contributed by atoms with Crippen LogP contribution < -0.4 is 10.1 Å². The lowest BCUT2D eigenvalue weighted by Crippen LogP contribution is -2.32. The quantitative estimate of drug-likeness (QED) is 0.865. The third-order valence-corrected chi connectivity index (χ3v) is 3.78. The Morgan fingerprint density at radius 3 is 2.72 bits per heavy atom. The smallest absolute Gasteiger partial charge is 0.175 e. The van der Waals surface area contributed by atoms with Crippen LogP contribution in [0.3, 0.4) is 0 Å². The van der Waals surface area contributed by atoms with E-state index in [9.17, 15) is 8.42 Å². The van der Waals surface area contributed by atoms with Crippen molar-refractivity contribution >= 4 is 9.84 Å². The molecule has 0 aromatic heterocycles. The van der Waals surface area contributed by atoms with Gasteiger partial charge in [-0.05, 0) is 24.3 Å². The minimum atomic E-state index is -3.15. The lowest BCUT2D eigenvalue weighted by Gasteiger charge is -2.16. The fourth-order valence-electron chi connectivity index (χ4n) is 1.71. The van der Waals surface area contributed by atoms with Gasteiger partial charge < -0.3 is 14.8 Å². The van der Waals surface area contributed by atoms with Crippen LogP contribution in [-0.4, -0.2) is 47.1 Å². The number of hydrogen-bond acceptors (Lipinski definition) is 5. The van der Waals surface area contributed by atoms with E-state index in [1.807, 2.05) is 0 Å². The van der Waals surface area contributed by atoms with E-state index >= 15 is 0 Å². The normalized spacial score (nSPS) is 21.3. The number of ether oxygens (including phenoxy) is 2. The maximum Gasteiger partial charge on any atom is 0.175 e. The van der Waals surface area contributed by atoms with Crippen LogP contribution in [0.5, 0.6) is 5.75 Å². The predicted molar refractivity (Wildman–Crippen MR) is 67.7 cm³/mol. The van der Waals surface area contributed by atoms with E-state index in [4.69, 9.17) is 9.47 Å². The Kier molecular flexibility index (Phi) is 4.21. The first kappa shape index (κ1) is 13.3. The van der Waals surface area contributed by atoms with Gasteiger partial charge in [0.15, 0.2) is 9.84 Å². The highest BCUT2D eigenvalue weighted by atomic mass is 32.2. The fourth-order valence-corrected chi connectivity index (χ4v) is 2.35. The molecule has 0 bridgehead atoms. The summed E-state index contributed by atoms with van der Waals surface area (Å²) in [5.74, 6) is 0.653. The molecule has 0 radical (unpaired) electrons. The average Bonchev–Trinajstić information content (AvgIpc) is 2.57. The van der Waals surface area contributed by atoms with Gasteiger partial charge in [0, 0.05) is 19.3 Å². The van der Waals surface area contributed by atoms with Gasteiger partial charge in [-0.1, -0.05) is 0 Å². The zero-order chi connectivity index (χ0) is 13.0. The van der Waals surface area contributed by atoms with Gasteiger partial charge in [-0.25, -0.2) is 8.42 Å². The van der Waals surface area contributed by atoms with E-state index in [1.165, 1.54) is 6.26 Å². The highest BCUT2D eigenvalue weighted by Gasteiger charge is 2.14. The highest BCUT2D eigenvalue weighted by Crippen LogP contribution is 2.17. The average molecular weight is 271 g/mol. The standard InChI is InChI=1S/C12H17NO4S/c1-18(14,15)12-4-2-10(3-5-12)17-11-8-13-6-7-16-9-11/h2-5,11,13H,6-9H2,1H3/t11-/m0/s1. The van der Waals surface area contributed by atoms with Crippen molar-refractivity contribution in [3.05, 3.63) is 24.3 Å². The van der Waals surface area contributed by atoms with Crippen molar-refractivity contribution in [3.63, 3.8) is 0 Å². The summed E-state index contributed by atoms with van der Waals surface area (Å²) in [6.07, 6.45) is 1.14. The molecule has 5 nitrogen and oxygen atoms in total. The zero-order valence-corrected chi connectivity index (χ0v) is 11.1. The van der Waals surface area contributed by atoms with Gasteiger partial charge in [0.1, 0.15) is 11.9 Å². The van der Waals surface area contributed by atoms with Crippen LogP contribution in [0.15, 0.2) is 29.2 Å². The summed E-state index contributed by atoms with van der Waals surface area (Å²) in [6, 6.07) is 6.44. The van der Waals surface area contributed by atoms with Crippen LogP contribution in [0.4, 0.5) is 0 Å². The second-order valence-corrected chi connectivity index (χ2v) is 6.28. The number of benzene rings is 1. The van der Waals surface area contributed by atoms with Crippen molar-refractivity contribution in [2.24, 2.45) is 0 Å². The van der Waals surface area contributed by atoms with Gasteiger partial charge in [-0.3, -0.25) is 0 Å². The van der Waals surface area contributed by atoms with Crippen LogP contribution >= 0.6 is 0 Å². The Labute approximate surface area is 107 Å². The van der Waals surface area contributed by atoms with E-state index in [0.717, 1.165) is 13.1 Å². The van der Waals surface area contributed by atoms with E-state index in [1.54, 1.807) is 24.3 Å². The van der Waals surface area contributed by atoms with Crippen LogP contribution in [0.25, 0.3) is 0 Å². The molecule has 1 N–H and O–H groups in total. The van der Waals surface area contributed by atoms with Crippen molar-refractivity contribution in [1.29, 1.82) is 0 Å². The summed E-state index contributed by atoms with van der Waals surface area (Å²) in [7, 11) is -3.15. The SMILES string of the molecule is CS(=O)(=O)c1ccc(O[C@H]2CNCCOC2)cc1. The third-order valence-electron chi connectivity index (χ3n) is 2.65. The first-order valence-corrected chi connectivity index (χ1v) is 7.70. The lowest BCUT2D eigenvalue weighted by molar-refractivity contribution is 0.0728. The summed E-state index contributed by atoms with van der Waals surface area (Å²) in [6.45, 7) is 2.79. The number of sulfone groups is 1. The molecular formula is C12H17NO4S. The molecule has 0 spiro atoms. The molecule has 1 aromatic rings. The van der Waals surface area contributed by atoms with Gasteiger partial charge in [0.25, 0.3) is 0 Å². The van der Waals surface area contributed by atoms with Crippen molar-refractivity contribution in [3.8, 4) is 5.75 Å². The summed E-state index contributed by atoms with van der Waals surface area (Å²) in [5, 5.41) is 3.21. The number of hydrogen-bond donors (Lipinski definition) is 1. The summed E-state index contributed by atoms with van der Waals surface area (Å²) in [4.78, 5) is 0.296. The molecule has 1 atom stereocenters. The van der Waals surface area contributed by atoms with E-state index in [0.29, 0.717) is 23.9 Å². The molecule has 0 amide bonds. The molecule has 1 heterocycles. The maximum atomic E-state index is 11.3. The van der Waals surface area contributed by atoms with Crippen LogP contribution in [0, 0.1) is 0 Å². The first-order chi connectivity index (χ1) is 8.55. The monoisotopic (exact) mass is 271 g/mol. The third kappa shape index (κ3) is 3.69. The highest BCUT2D eigenvalue weighted by molar-refractivity contribution is 7.90. The minimum absolute atomic E-state index is 0.0448. The topological polar surface area (TPSA) is 64.6 Å². The van der Waals surface area contributed by atoms with Crippen LogP contribution in [0.1, 0.15) is 0 Å². The Hall–Kier alpha value is -1.11. The lowest BCUT2D eigenvalue weighted by atomic mass is 10.3.